The number of nitrogens with two attached hydrogens (primary N) is 1. The van der Waals surface area contributed by atoms with Crippen LogP contribution < -0.4 is 5.73 Å². The molecule has 0 amide bonds. The number of aliphatic hydroxyl groups is 1. The topological polar surface area (TPSA) is 95.0 Å². The van der Waals surface area contributed by atoms with E-state index in [1.807, 2.05) is 12.1 Å². The molecule has 1 aliphatic rings. The Morgan fingerprint density at radius 3 is 3.05 bits per heavy atom. The van der Waals surface area contributed by atoms with Crippen molar-refractivity contribution in [2.24, 2.45) is 10.9 Å². The monoisotopic (exact) mass is 278 g/mol. The average Bonchev–Trinajstić information content (AvgIpc) is 2.72. The Morgan fingerprint density at radius 1 is 1.45 bits per heavy atom. The molecule has 0 radical (unpaired) electrons. The highest BCUT2D eigenvalue weighted by atomic mass is 16.4. The summed E-state index contributed by atoms with van der Waals surface area (Å²) in [5, 5.41) is 21.4. The van der Waals surface area contributed by atoms with E-state index >= 15 is 0 Å². The van der Waals surface area contributed by atoms with Crippen molar-refractivity contribution >= 4 is 5.84 Å². The lowest BCUT2D eigenvalue weighted by Gasteiger charge is -2.28. The molecular weight excluding hydrogens is 256 g/mol. The second-order valence-corrected chi connectivity index (χ2v) is 5.15. The molecule has 0 saturated carbocycles. The van der Waals surface area contributed by atoms with Gasteiger partial charge in [-0.3, -0.25) is 9.88 Å². The maximum absolute atomic E-state index is 9.54. The molecule has 1 saturated heterocycles. The van der Waals surface area contributed by atoms with Crippen LogP contribution in [0.2, 0.25) is 0 Å². The Labute approximate surface area is 118 Å². The normalized spacial score (nSPS) is 21.6. The van der Waals surface area contributed by atoms with Gasteiger partial charge in [0.25, 0.3) is 0 Å². The summed E-state index contributed by atoms with van der Waals surface area (Å²) in [6, 6.07) is 3.95. The maximum Gasteiger partial charge on any atom is 0.189 e. The van der Waals surface area contributed by atoms with Crippen molar-refractivity contribution in [1.82, 2.24) is 9.88 Å². The summed E-state index contributed by atoms with van der Waals surface area (Å²) in [6.45, 7) is 1.78. The molecule has 0 aliphatic carbocycles. The fraction of sp³-hybridized carbons (Fsp3) is 0.571. The number of nitrogens with zero attached hydrogens (tertiary/aromatic N) is 3. The lowest BCUT2D eigenvalue weighted by atomic mass is 10.1. The van der Waals surface area contributed by atoms with Crippen molar-refractivity contribution in [3.05, 3.63) is 29.6 Å². The van der Waals surface area contributed by atoms with Gasteiger partial charge in [0, 0.05) is 18.8 Å². The minimum atomic E-state index is 0.0240. The molecule has 1 fully saturated rings. The van der Waals surface area contributed by atoms with Crippen LogP contribution in [-0.4, -0.2) is 45.2 Å². The molecule has 2 heterocycles. The van der Waals surface area contributed by atoms with Gasteiger partial charge in [0.1, 0.15) is 5.69 Å². The first-order chi connectivity index (χ1) is 9.76. The third-order valence-corrected chi connectivity index (χ3v) is 3.82. The van der Waals surface area contributed by atoms with Crippen molar-refractivity contribution in [3.8, 4) is 0 Å². The largest absolute Gasteiger partial charge is 0.409 e. The molecule has 1 atom stereocenters. The Morgan fingerprint density at radius 2 is 2.30 bits per heavy atom. The van der Waals surface area contributed by atoms with Gasteiger partial charge in [0.2, 0.25) is 0 Å². The molecule has 0 spiro atoms. The van der Waals surface area contributed by atoms with E-state index in [9.17, 15) is 5.11 Å². The summed E-state index contributed by atoms with van der Waals surface area (Å²) in [6.07, 6.45) is 6.13. The van der Waals surface area contributed by atoms with Gasteiger partial charge in [-0.05, 0) is 31.0 Å². The van der Waals surface area contributed by atoms with Gasteiger partial charge < -0.3 is 16.0 Å². The third-order valence-electron chi connectivity index (χ3n) is 3.82. The zero-order valence-electron chi connectivity index (χ0n) is 11.6. The third kappa shape index (κ3) is 3.46. The highest BCUT2D eigenvalue weighted by Crippen LogP contribution is 2.20. The Bertz CT molecular complexity index is 464. The number of likely N-dealkylation sites (tertiary alicyclic amines) is 1. The van der Waals surface area contributed by atoms with Gasteiger partial charge in [-0.15, -0.1) is 0 Å². The van der Waals surface area contributed by atoms with Crippen LogP contribution in [0, 0.1) is 0 Å². The zero-order valence-corrected chi connectivity index (χ0v) is 11.6. The molecule has 1 aromatic rings. The van der Waals surface area contributed by atoms with Crippen LogP contribution in [0.25, 0.3) is 0 Å². The first-order valence-corrected chi connectivity index (χ1v) is 7.03. The first kappa shape index (κ1) is 14.7. The number of aliphatic hydroxyl groups excluding tert-OH is 1. The fourth-order valence-electron chi connectivity index (χ4n) is 2.71. The van der Waals surface area contributed by atoms with Gasteiger partial charge in [-0.1, -0.05) is 24.1 Å². The van der Waals surface area contributed by atoms with E-state index in [1.165, 1.54) is 6.42 Å². The maximum atomic E-state index is 9.54. The fourth-order valence-corrected chi connectivity index (χ4v) is 2.71. The average molecular weight is 278 g/mol. The number of rotatable bonds is 4. The van der Waals surface area contributed by atoms with Gasteiger partial charge in [0.05, 0.1) is 6.61 Å². The van der Waals surface area contributed by atoms with Gasteiger partial charge >= 0.3 is 0 Å². The van der Waals surface area contributed by atoms with E-state index in [0.29, 0.717) is 12.2 Å². The lowest BCUT2D eigenvalue weighted by Crippen LogP contribution is -2.37. The molecule has 1 aromatic heterocycles. The molecule has 6 heteroatoms. The molecular formula is C14H22N4O2. The minimum absolute atomic E-state index is 0.0240. The van der Waals surface area contributed by atoms with Gasteiger partial charge in [-0.2, -0.15) is 0 Å². The highest BCUT2D eigenvalue weighted by Gasteiger charge is 2.21. The second kappa shape index (κ2) is 7.21. The molecule has 20 heavy (non-hydrogen) atoms. The van der Waals surface area contributed by atoms with Crippen LogP contribution in [-0.2, 0) is 6.54 Å². The van der Waals surface area contributed by atoms with Crippen LogP contribution in [0.1, 0.15) is 36.9 Å². The number of oxime groups is 1. The number of aromatic nitrogens is 1. The summed E-state index contributed by atoms with van der Waals surface area (Å²) < 4.78 is 0. The first-order valence-electron chi connectivity index (χ1n) is 7.03. The van der Waals surface area contributed by atoms with Crippen LogP contribution in [0.15, 0.2) is 23.5 Å². The van der Waals surface area contributed by atoms with Gasteiger partial charge in [-0.25, -0.2) is 0 Å². The number of hydrogen-bond acceptors (Lipinski definition) is 5. The predicted octanol–water partition coefficient (Wildman–Crippen LogP) is 0.913. The molecule has 110 valence electrons. The Hall–Kier alpha value is -1.66. The van der Waals surface area contributed by atoms with Crippen LogP contribution in [0.4, 0.5) is 0 Å². The summed E-state index contributed by atoms with van der Waals surface area (Å²) in [7, 11) is 0. The molecule has 0 aromatic carbocycles. The van der Waals surface area contributed by atoms with Crippen molar-refractivity contribution in [2.45, 2.75) is 38.3 Å². The molecule has 4 N–H and O–H groups in total. The van der Waals surface area contributed by atoms with Crippen LogP contribution >= 0.6 is 0 Å². The predicted molar refractivity (Wildman–Crippen MR) is 76.5 cm³/mol. The van der Waals surface area contributed by atoms with E-state index < -0.39 is 0 Å². The standard InChI is InChI=1S/C14H22N4O2/c15-14(17-20)13-11(5-4-7-16-13)9-18-8-3-1-2-6-12(18)10-19/h4-5,7,12,19-20H,1-3,6,8-10H2,(H2,15,17). The number of amidine groups is 1. The smallest absolute Gasteiger partial charge is 0.189 e. The van der Waals surface area contributed by atoms with Crippen LogP contribution in [0.5, 0.6) is 0 Å². The van der Waals surface area contributed by atoms with E-state index in [-0.39, 0.29) is 18.5 Å². The quantitative estimate of drug-likeness (QED) is 0.329. The van der Waals surface area contributed by atoms with E-state index in [2.05, 4.69) is 15.0 Å². The van der Waals surface area contributed by atoms with E-state index in [4.69, 9.17) is 10.9 Å². The second-order valence-electron chi connectivity index (χ2n) is 5.15. The molecule has 0 bridgehead atoms. The van der Waals surface area contributed by atoms with Crippen LogP contribution in [0.3, 0.4) is 0 Å². The number of hydrogen-bond donors (Lipinski definition) is 3. The molecule has 1 aliphatic heterocycles. The highest BCUT2D eigenvalue weighted by molar-refractivity contribution is 5.96. The van der Waals surface area contributed by atoms with Gasteiger partial charge in [0.15, 0.2) is 5.84 Å². The summed E-state index contributed by atoms with van der Waals surface area (Å²) >= 11 is 0. The van der Waals surface area contributed by atoms with Crippen molar-refractivity contribution in [3.63, 3.8) is 0 Å². The lowest BCUT2D eigenvalue weighted by molar-refractivity contribution is 0.118. The Balaban J connectivity index is 2.19. The minimum Gasteiger partial charge on any atom is -0.409 e. The summed E-state index contributed by atoms with van der Waals surface area (Å²) in [5.41, 5.74) is 7.10. The van der Waals surface area contributed by atoms with E-state index in [0.717, 1.165) is 31.4 Å². The summed E-state index contributed by atoms with van der Waals surface area (Å²) in [5.74, 6) is 0.0240. The van der Waals surface area contributed by atoms with Crippen molar-refractivity contribution in [2.75, 3.05) is 13.2 Å². The van der Waals surface area contributed by atoms with Crippen molar-refractivity contribution in [1.29, 1.82) is 0 Å². The summed E-state index contributed by atoms with van der Waals surface area (Å²) in [4.78, 5) is 6.45. The molecule has 2 rings (SSSR count). The SMILES string of the molecule is N/C(=N/O)c1ncccc1CN1CCCCCC1CO. The Kier molecular flexibility index (Phi) is 5.31. The molecule has 1 unspecified atom stereocenters. The zero-order chi connectivity index (χ0) is 14.4. The molecule has 6 nitrogen and oxygen atoms in total. The number of pyridine rings is 1. The van der Waals surface area contributed by atoms with Crippen molar-refractivity contribution < 1.29 is 10.3 Å². The van der Waals surface area contributed by atoms with E-state index in [1.54, 1.807) is 6.20 Å².